The van der Waals surface area contributed by atoms with Crippen molar-refractivity contribution in [2.75, 3.05) is 6.54 Å². The number of rotatable bonds is 2. The Morgan fingerprint density at radius 1 is 1.11 bits per heavy atom. The maximum atomic E-state index is 4.80. The van der Waals surface area contributed by atoms with E-state index in [1.807, 2.05) is 0 Å². The molecule has 1 aliphatic heterocycles. The summed E-state index contributed by atoms with van der Waals surface area (Å²) in [6, 6.07) is 0. The molecule has 18 heavy (non-hydrogen) atoms. The van der Waals surface area contributed by atoms with Crippen LogP contribution in [0.2, 0.25) is 0 Å². The summed E-state index contributed by atoms with van der Waals surface area (Å²) >= 11 is 0. The fourth-order valence-electron chi connectivity index (χ4n) is 3.33. The van der Waals surface area contributed by atoms with Crippen LogP contribution in [0.25, 0.3) is 0 Å². The van der Waals surface area contributed by atoms with Gasteiger partial charge < -0.3 is 5.32 Å². The Balaban J connectivity index is 1.75. The van der Waals surface area contributed by atoms with Gasteiger partial charge in [0.1, 0.15) is 5.82 Å². The van der Waals surface area contributed by atoms with Gasteiger partial charge in [0.15, 0.2) is 5.82 Å². The average molecular weight is 248 g/mol. The van der Waals surface area contributed by atoms with E-state index in [0.29, 0.717) is 5.92 Å². The largest absolute Gasteiger partial charge is 0.305 e. The van der Waals surface area contributed by atoms with Crippen molar-refractivity contribution in [1.29, 1.82) is 0 Å². The van der Waals surface area contributed by atoms with E-state index in [9.17, 15) is 0 Å². The summed E-state index contributed by atoms with van der Waals surface area (Å²) in [5.74, 6) is 2.72. The third-order valence-corrected chi connectivity index (χ3v) is 4.61. The highest BCUT2D eigenvalue weighted by molar-refractivity contribution is 5.08. The lowest BCUT2D eigenvalue weighted by Crippen LogP contribution is -2.44. The highest BCUT2D eigenvalue weighted by Crippen LogP contribution is 2.32. The summed E-state index contributed by atoms with van der Waals surface area (Å²) in [7, 11) is 0. The number of aromatic nitrogens is 3. The Bertz CT molecular complexity index is 386. The Morgan fingerprint density at radius 3 is 2.67 bits per heavy atom. The maximum Gasteiger partial charge on any atom is 0.170 e. The minimum absolute atomic E-state index is 0.0122. The van der Waals surface area contributed by atoms with Crippen LogP contribution < -0.4 is 5.32 Å². The van der Waals surface area contributed by atoms with Crippen molar-refractivity contribution in [2.45, 2.75) is 69.7 Å². The number of nitrogens with one attached hydrogen (secondary N) is 2. The number of hydrogen-bond donors (Lipinski definition) is 2. The van der Waals surface area contributed by atoms with Crippen molar-refractivity contribution in [2.24, 2.45) is 0 Å². The fraction of sp³-hybridized carbons (Fsp3) is 0.857. The minimum Gasteiger partial charge on any atom is -0.305 e. The molecular weight excluding hydrogens is 224 g/mol. The normalized spacial score (nSPS) is 30.5. The zero-order chi connectivity index (χ0) is 12.4. The van der Waals surface area contributed by atoms with Crippen molar-refractivity contribution in [3.05, 3.63) is 11.6 Å². The number of H-pyrrole nitrogens is 1. The molecule has 2 fully saturated rings. The quantitative estimate of drug-likeness (QED) is 0.846. The van der Waals surface area contributed by atoms with E-state index in [0.717, 1.165) is 24.6 Å². The van der Waals surface area contributed by atoms with E-state index in [2.05, 4.69) is 22.4 Å². The van der Waals surface area contributed by atoms with Crippen LogP contribution in [0.3, 0.4) is 0 Å². The molecular formula is C14H24N4. The SMILES string of the molecule is CC1(c2n[nH]c(C3CCCCC3)n2)CCCCN1. The van der Waals surface area contributed by atoms with Gasteiger partial charge in [-0.1, -0.05) is 19.3 Å². The average Bonchev–Trinajstić information content (AvgIpc) is 2.91. The molecule has 1 aliphatic carbocycles. The van der Waals surface area contributed by atoms with E-state index in [4.69, 9.17) is 4.98 Å². The summed E-state index contributed by atoms with van der Waals surface area (Å²) in [6.45, 7) is 3.32. The number of aromatic amines is 1. The van der Waals surface area contributed by atoms with Crippen molar-refractivity contribution in [3.63, 3.8) is 0 Å². The smallest absolute Gasteiger partial charge is 0.170 e. The molecule has 1 unspecified atom stereocenters. The molecule has 0 radical (unpaired) electrons. The van der Waals surface area contributed by atoms with Crippen LogP contribution in [0.1, 0.15) is 75.9 Å². The molecule has 0 aromatic carbocycles. The lowest BCUT2D eigenvalue weighted by atomic mass is 9.88. The summed E-state index contributed by atoms with van der Waals surface area (Å²) in [6.07, 6.45) is 10.3. The van der Waals surface area contributed by atoms with Gasteiger partial charge in [-0.2, -0.15) is 5.10 Å². The molecule has 0 spiro atoms. The molecule has 2 heterocycles. The molecule has 4 nitrogen and oxygen atoms in total. The van der Waals surface area contributed by atoms with Gasteiger partial charge in [-0.05, 0) is 45.6 Å². The zero-order valence-corrected chi connectivity index (χ0v) is 11.3. The molecule has 2 N–H and O–H groups in total. The third-order valence-electron chi connectivity index (χ3n) is 4.61. The first-order valence-corrected chi connectivity index (χ1v) is 7.46. The molecule has 0 bridgehead atoms. The molecule has 0 amide bonds. The summed E-state index contributed by atoms with van der Waals surface area (Å²) in [5.41, 5.74) is -0.0122. The van der Waals surface area contributed by atoms with Gasteiger partial charge in [-0.15, -0.1) is 0 Å². The lowest BCUT2D eigenvalue weighted by molar-refractivity contribution is 0.269. The molecule has 3 rings (SSSR count). The first-order chi connectivity index (χ1) is 8.78. The van der Waals surface area contributed by atoms with Crippen molar-refractivity contribution < 1.29 is 0 Å². The lowest BCUT2D eigenvalue weighted by Gasteiger charge is -2.32. The predicted octanol–water partition coefficient (Wildman–Crippen LogP) is 2.84. The second-order valence-electron chi connectivity index (χ2n) is 6.10. The molecule has 100 valence electrons. The van der Waals surface area contributed by atoms with E-state index >= 15 is 0 Å². The third kappa shape index (κ3) is 2.30. The first kappa shape index (κ1) is 12.2. The van der Waals surface area contributed by atoms with Crippen LogP contribution >= 0.6 is 0 Å². The number of piperidine rings is 1. The molecule has 1 atom stereocenters. The van der Waals surface area contributed by atoms with Crippen LogP contribution in [0, 0.1) is 0 Å². The molecule has 2 aliphatic rings. The number of hydrogen-bond acceptors (Lipinski definition) is 3. The minimum atomic E-state index is -0.0122. The van der Waals surface area contributed by atoms with Gasteiger partial charge in [0, 0.05) is 5.92 Å². The highest BCUT2D eigenvalue weighted by atomic mass is 15.2. The van der Waals surface area contributed by atoms with Crippen LogP contribution in [-0.4, -0.2) is 21.7 Å². The molecule has 1 aromatic rings. The van der Waals surface area contributed by atoms with Crippen LogP contribution in [0.5, 0.6) is 0 Å². The Labute approximate surface area is 109 Å². The molecule has 1 aromatic heterocycles. The number of nitrogens with zero attached hydrogens (tertiary/aromatic N) is 2. The maximum absolute atomic E-state index is 4.80. The first-order valence-electron chi connectivity index (χ1n) is 7.46. The van der Waals surface area contributed by atoms with Crippen LogP contribution in [0.15, 0.2) is 0 Å². The predicted molar refractivity (Wildman–Crippen MR) is 71.4 cm³/mol. The van der Waals surface area contributed by atoms with Gasteiger partial charge in [-0.3, -0.25) is 5.10 Å². The van der Waals surface area contributed by atoms with Gasteiger partial charge in [0.05, 0.1) is 5.54 Å². The van der Waals surface area contributed by atoms with Crippen molar-refractivity contribution in [3.8, 4) is 0 Å². The summed E-state index contributed by atoms with van der Waals surface area (Å²) in [4.78, 5) is 4.80. The van der Waals surface area contributed by atoms with Crippen LogP contribution in [0.4, 0.5) is 0 Å². The van der Waals surface area contributed by atoms with E-state index in [-0.39, 0.29) is 5.54 Å². The summed E-state index contributed by atoms with van der Waals surface area (Å²) < 4.78 is 0. The highest BCUT2D eigenvalue weighted by Gasteiger charge is 2.33. The van der Waals surface area contributed by atoms with Gasteiger partial charge in [0.2, 0.25) is 0 Å². The Morgan fingerprint density at radius 2 is 1.94 bits per heavy atom. The Kier molecular flexibility index (Phi) is 3.37. The fourth-order valence-corrected chi connectivity index (χ4v) is 3.33. The van der Waals surface area contributed by atoms with E-state index < -0.39 is 0 Å². The van der Waals surface area contributed by atoms with E-state index in [1.54, 1.807) is 0 Å². The molecule has 4 heteroatoms. The zero-order valence-electron chi connectivity index (χ0n) is 11.3. The van der Waals surface area contributed by atoms with Gasteiger partial charge in [-0.25, -0.2) is 4.98 Å². The standard InChI is InChI=1S/C14H24N4/c1-14(9-5-6-10-15-14)13-16-12(17-18-13)11-7-3-2-4-8-11/h11,15H,2-10H2,1H3,(H,16,17,18). The van der Waals surface area contributed by atoms with Crippen molar-refractivity contribution in [1.82, 2.24) is 20.5 Å². The molecule has 1 saturated carbocycles. The summed E-state index contributed by atoms with van der Waals surface area (Å²) in [5, 5.41) is 11.3. The monoisotopic (exact) mass is 248 g/mol. The second-order valence-corrected chi connectivity index (χ2v) is 6.10. The topological polar surface area (TPSA) is 53.6 Å². The van der Waals surface area contributed by atoms with Gasteiger partial charge in [0.25, 0.3) is 0 Å². The van der Waals surface area contributed by atoms with Gasteiger partial charge >= 0.3 is 0 Å². The Hall–Kier alpha value is -0.900. The van der Waals surface area contributed by atoms with Crippen LogP contribution in [-0.2, 0) is 5.54 Å². The molecule has 1 saturated heterocycles. The second kappa shape index (κ2) is 5.00. The van der Waals surface area contributed by atoms with Crippen molar-refractivity contribution >= 4 is 0 Å². The van der Waals surface area contributed by atoms with E-state index in [1.165, 1.54) is 44.9 Å².